The number of nitrogens with zero attached hydrogens (tertiary/aromatic N) is 1. The Bertz CT molecular complexity index is 711. The highest BCUT2D eigenvalue weighted by atomic mass is 16.5. The summed E-state index contributed by atoms with van der Waals surface area (Å²) in [6.07, 6.45) is 1.35. The number of aldehydes is 1. The summed E-state index contributed by atoms with van der Waals surface area (Å²) in [7, 11) is 3.72. The Morgan fingerprint density at radius 3 is 2.08 bits per heavy atom. The maximum atomic E-state index is 12.1. The van der Waals surface area contributed by atoms with Gasteiger partial charge in [-0.2, -0.15) is 0 Å². The minimum atomic E-state index is -0.433. The molecule has 1 amide bonds. The molecule has 0 aliphatic rings. The number of hydrogen-bond donors (Lipinski definition) is 1. The molecule has 2 aromatic rings. The van der Waals surface area contributed by atoms with Crippen molar-refractivity contribution in [3.63, 3.8) is 0 Å². The molecular formula is C21H26N2O3. The normalized spacial score (nSPS) is 11.8. The van der Waals surface area contributed by atoms with Crippen molar-refractivity contribution in [3.8, 4) is 5.75 Å². The van der Waals surface area contributed by atoms with Gasteiger partial charge >= 0.3 is 0 Å². The first-order chi connectivity index (χ1) is 12.5. The van der Waals surface area contributed by atoms with Gasteiger partial charge in [0.25, 0.3) is 5.91 Å². The molecule has 0 aliphatic carbocycles. The fraction of sp³-hybridized carbons (Fsp3) is 0.333. The monoisotopic (exact) mass is 354 g/mol. The quantitative estimate of drug-likeness (QED) is 0.703. The van der Waals surface area contributed by atoms with Crippen LogP contribution >= 0.6 is 0 Å². The zero-order chi connectivity index (χ0) is 18.9. The molecule has 0 aliphatic heterocycles. The van der Waals surface area contributed by atoms with Gasteiger partial charge in [0.1, 0.15) is 12.0 Å². The molecule has 0 radical (unpaired) electrons. The Labute approximate surface area is 155 Å². The molecule has 0 aromatic heterocycles. The number of nitrogens with one attached hydrogen (secondary N) is 1. The van der Waals surface area contributed by atoms with E-state index in [1.807, 2.05) is 31.2 Å². The molecular weight excluding hydrogens is 328 g/mol. The van der Waals surface area contributed by atoms with Crippen LogP contribution in [0.2, 0.25) is 0 Å². The van der Waals surface area contributed by atoms with Gasteiger partial charge in [-0.1, -0.05) is 31.2 Å². The van der Waals surface area contributed by atoms with Crippen LogP contribution in [0.1, 0.15) is 34.8 Å². The van der Waals surface area contributed by atoms with E-state index in [1.165, 1.54) is 5.56 Å². The summed E-state index contributed by atoms with van der Waals surface area (Å²) in [5.41, 5.74) is 2.90. The van der Waals surface area contributed by atoms with Crippen LogP contribution in [0.15, 0.2) is 48.5 Å². The average molecular weight is 354 g/mol. The predicted molar refractivity (Wildman–Crippen MR) is 102 cm³/mol. The zero-order valence-corrected chi connectivity index (χ0v) is 15.6. The molecule has 1 atom stereocenters. The van der Waals surface area contributed by atoms with E-state index in [1.54, 1.807) is 19.2 Å². The van der Waals surface area contributed by atoms with Crippen LogP contribution in [0.3, 0.4) is 0 Å². The molecule has 0 spiro atoms. The summed E-state index contributed by atoms with van der Waals surface area (Å²) in [5.74, 6) is 0.632. The number of carbonyl (C=O) groups is 2. The summed E-state index contributed by atoms with van der Waals surface area (Å²) >= 11 is 0. The van der Waals surface area contributed by atoms with Gasteiger partial charge < -0.3 is 14.8 Å². The molecule has 138 valence electrons. The Hall–Kier alpha value is -2.66. The van der Waals surface area contributed by atoms with Crippen LogP contribution in [0.5, 0.6) is 5.75 Å². The first-order valence-corrected chi connectivity index (χ1v) is 8.72. The van der Waals surface area contributed by atoms with Crippen LogP contribution < -0.4 is 10.1 Å². The Morgan fingerprint density at radius 1 is 1.08 bits per heavy atom. The van der Waals surface area contributed by atoms with Gasteiger partial charge in [-0.25, -0.2) is 0 Å². The lowest BCUT2D eigenvalue weighted by Gasteiger charge is -2.17. The van der Waals surface area contributed by atoms with E-state index >= 15 is 0 Å². The van der Waals surface area contributed by atoms with E-state index in [9.17, 15) is 9.59 Å². The third-order valence-corrected chi connectivity index (χ3v) is 4.20. The van der Waals surface area contributed by atoms with Gasteiger partial charge in [-0.3, -0.25) is 9.69 Å². The molecule has 2 aromatic carbocycles. The predicted octanol–water partition coefficient (Wildman–Crippen LogP) is 3.03. The number of benzene rings is 2. The van der Waals surface area contributed by atoms with Gasteiger partial charge in [0, 0.05) is 18.7 Å². The van der Waals surface area contributed by atoms with Gasteiger partial charge in [0.15, 0.2) is 0 Å². The standard InChI is InChI=1S/C21H26N2O3/c1-4-19(15-24)22-21(25)18-9-5-16(6-10-18)13-23(2)14-17-7-11-20(26-3)12-8-17/h5-12,15,19H,4,13-14H2,1-3H3,(H,22,25). The topological polar surface area (TPSA) is 58.6 Å². The van der Waals surface area contributed by atoms with Crippen molar-refractivity contribution in [2.24, 2.45) is 0 Å². The highest BCUT2D eigenvalue weighted by Crippen LogP contribution is 2.14. The summed E-state index contributed by atoms with van der Waals surface area (Å²) in [6, 6.07) is 15.1. The molecule has 1 unspecified atom stereocenters. The van der Waals surface area contributed by atoms with Crippen molar-refractivity contribution < 1.29 is 14.3 Å². The number of carbonyl (C=O) groups excluding carboxylic acids is 2. The largest absolute Gasteiger partial charge is 0.497 e. The fourth-order valence-corrected chi connectivity index (χ4v) is 2.66. The Kier molecular flexibility index (Phi) is 7.36. The number of hydrogen-bond acceptors (Lipinski definition) is 4. The average Bonchev–Trinajstić information content (AvgIpc) is 2.67. The summed E-state index contributed by atoms with van der Waals surface area (Å²) in [5, 5.41) is 2.71. The third-order valence-electron chi connectivity index (χ3n) is 4.20. The zero-order valence-electron chi connectivity index (χ0n) is 15.6. The van der Waals surface area contributed by atoms with E-state index in [0.717, 1.165) is 30.7 Å². The van der Waals surface area contributed by atoms with Crippen molar-refractivity contribution in [2.75, 3.05) is 14.2 Å². The molecule has 26 heavy (non-hydrogen) atoms. The van der Waals surface area contributed by atoms with Gasteiger partial charge in [0.2, 0.25) is 0 Å². The smallest absolute Gasteiger partial charge is 0.251 e. The van der Waals surface area contributed by atoms with Crippen LogP contribution in [0.25, 0.3) is 0 Å². The molecule has 0 saturated carbocycles. The fourth-order valence-electron chi connectivity index (χ4n) is 2.66. The lowest BCUT2D eigenvalue weighted by atomic mass is 10.1. The maximum absolute atomic E-state index is 12.1. The van der Waals surface area contributed by atoms with E-state index in [4.69, 9.17) is 4.74 Å². The Balaban J connectivity index is 1.91. The SMILES string of the molecule is CCC(C=O)NC(=O)c1ccc(CN(C)Cc2ccc(OC)cc2)cc1. The van der Waals surface area contributed by atoms with Crippen molar-refractivity contribution >= 4 is 12.2 Å². The molecule has 5 heteroatoms. The minimum absolute atomic E-state index is 0.220. The lowest BCUT2D eigenvalue weighted by molar-refractivity contribution is -0.109. The second-order valence-electron chi connectivity index (χ2n) is 6.34. The number of ether oxygens (including phenoxy) is 1. The van der Waals surface area contributed by atoms with Crippen molar-refractivity contribution in [3.05, 3.63) is 65.2 Å². The summed E-state index contributed by atoms with van der Waals surface area (Å²) in [4.78, 5) is 25.2. The molecule has 0 fully saturated rings. The molecule has 1 N–H and O–H groups in total. The summed E-state index contributed by atoms with van der Waals surface area (Å²) < 4.78 is 5.17. The second-order valence-corrected chi connectivity index (χ2v) is 6.34. The Morgan fingerprint density at radius 2 is 1.62 bits per heavy atom. The summed E-state index contributed by atoms with van der Waals surface area (Å²) in [6.45, 7) is 3.46. The molecule has 5 nitrogen and oxygen atoms in total. The first kappa shape index (κ1) is 19.7. The van der Waals surface area contributed by atoms with Gasteiger partial charge in [-0.05, 0) is 48.9 Å². The molecule has 0 heterocycles. The lowest BCUT2D eigenvalue weighted by Crippen LogP contribution is -2.35. The van der Waals surface area contributed by atoms with Crippen molar-refractivity contribution in [1.82, 2.24) is 10.2 Å². The molecule has 0 saturated heterocycles. The number of rotatable bonds is 9. The van der Waals surface area contributed by atoms with Gasteiger partial charge in [-0.15, -0.1) is 0 Å². The van der Waals surface area contributed by atoms with Crippen molar-refractivity contribution in [2.45, 2.75) is 32.5 Å². The molecule has 0 bridgehead atoms. The third kappa shape index (κ3) is 5.70. The van der Waals surface area contributed by atoms with Crippen LogP contribution in [-0.4, -0.2) is 37.3 Å². The highest BCUT2D eigenvalue weighted by Gasteiger charge is 2.11. The van der Waals surface area contributed by atoms with Crippen LogP contribution in [0, 0.1) is 0 Å². The highest BCUT2D eigenvalue weighted by molar-refractivity contribution is 5.95. The number of amides is 1. The van der Waals surface area contributed by atoms with E-state index < -0.39 is 6.04 Å². The second kappa shape index (κ2) is 9.73. The van der Waals surface area contributed by atoms with Gasteiger partial charge in [0.05, 0.1) is 13.2 Å². The van der Waals surface area contributed by atoms with Crippen molar-refractivity contribution in [1.29, 1.82) is 0 Å². The maximum Gasteiger partial charge on any atom is 0.251 e. The van der Waals surface area contributed by atoms with Crippen LogP contribution in [-0.2, 0) is 17.9 Å². The molecule has 2 rings (SSSR count). The van der Waals surface area contributed by atoms with E-state index in [0.29, 0.717) is 12.0 Å². The number of methoxy groups -OCH3 is 1. The van der Waals surface area contributed by atoms with E-state index in [-0.39, 0.29) is 5.91 Å². The minimum Gasteiger partial charge on any atom is -0.497 e. The van der Waals surface area contributed by atoms with Crippen LogP contribution in [0.4, 0.5) is 0 Å². The first-order valence-electron chi connectivity index (χ1n) is 8.72. The van der Waals surface area contributed by atoms with E-state index in [2.05, 4.69) is 29.4 Å².